The van der Waals surface area contributed by atoms with Crippen molar-refractivity contribution in [1.82, 2.24) is 0 Å². The van der Waals surface area contributed by atoms with Gasteiger partial charge < -0.3 is 19.3 Å². The molecule has 2 unspecified atom stereocenters. The molecule has 1 N–H and O–H groups in total. The average Bonchev–Trinajstić information content (AvgIpc) is 2.55. The Hall–Kier alpha value is -2.03. The van der Waals surface area contributed by atoms with Gasteiger partial charge in [-0.05, 0) is 57.3 Å². The smallest absolute Gasteiger partial charge is 0.405 e. The number of ether oxygens (including phenoxy) is 3. The van der Waals surface area contributed by atoms with Crippen molar-refractivity contribution in [1.29, 1.82) is 0 Å². The van der Waals surface area contributed by atoms with E-state index >= 15 is 0 Å². The second-order valence-corrected chi connectivity index (χ2v) is 8.47. The van der Waals surface area contributed by atoms with Crippen LogP contribution >= 0.6 is 0 Å². The molecule has 0 spiro atoms. The Kier molecular flexibility index (Phi) is 5.24. The van der Waals surface area contributed by atoms with Gasteiger partial charge in [0.2, 0.25) is 0 Å². The van der Waals surface area contributed by atoms with Gasteiger partial charge in [0.1, 0.15) is 0 Å². The molecule has 4 rings (SSSR count). The molecule has 0 heterocycles. The topological polar surface area (TPSA) is 99.1 Å². The molecule has 156 valence electrons. The van der Waals surface area contributed by atoms with Crippen LogP contribution in [0.2, 0.25) is 0 Å². The summed E-state index contributed by atoms with van der Waals surface area (Å²) in [5.74, 6) is -3.29. The molecule has 0 aromatic heterocycles. The maximum absolute atomic E-state index is 14.9. The standard InChI is InChI=1S/C19H24F2O7/c1-11(2)16(24)27-8-14(22)26-9-15(23)28-19(20,21)17-4-12-3-13(5-17)7-18(25,6-12)10-17/h12-13,25H,1,3-10H2,2H3. The van der Waals surface area contributed by atoms with E-state index in [0.29, 0.717) is 12.8 Å². The number of carbonyl (C=O) groups is 3. The summed E-state index contributed by atoms with van der Waals surface area (Å²) in [7, 11) is 0. The molecule has 9 heteroatoms. The van der Waals surface area contributed by atoms with Gasteiger partial charge in [-0.15, -0.1) is 0 Å². The molecule has 0 aromatic rings. The number of hydrogen-bond acceptors (Lipinski definition) is 7. The van der Waals surface area contributed by atoms with Crippen molar-refractivity contribution in [3.63, 3.8) is 0 Å². The van der Waals surface area contributed by atoms with Crippen LogP contribution in [0.1, 0.15) is 45.4 Å². The van der Waals surface area contributed by atoms with E-state index in [1.165, 1.54) is 6.92 Å². The molecular weight excluding hydrogens is 378 g/mol. The highest BCUT2D eigenvalue weighted by Crippen LogP contribution is 2.66. The van der Waals surface area contributed by atoms with Crippen molar-refractivity contribution >= 4 is 17.9 Å². The van der Waals surface area contributed by atoms with E-state index in [2.05, 4.69) is 20.8 Å². The number of carbonyl (C=O) groups excluding carboxylic acids is 3. The predicted molar refractivity (Wildman–Crippen MR) is 89.8 cm³/mol. The number of alkyl halides is 2. The first-order chi connectivity index (χ1) is 12.9. The maximum Gasteiger partial charge on any atom is 0.405 e. The van der Waals surface area contributed by atoms with Crippen molar-refractivity contribution < 1.29 is 42.5 Å². The number of hydrogen-bond donors (Lipinski definition) is 1. The van der Waals surface area contributed by atoms with E-state index < -0.39 is 48.2 Å². The third-order valence-electron chi connectivity index (χ3n) is 5.91. The second-order valence-electron chi connectivity index (χ2n) is 8.47. The third kappa shape index (κ3) is 4.04. The first-order valence-electron chi connectivity index (χ1n) is 9.24. The zero-order valence-electron chi connectivity index (χ0n) is 15.7. The minimum absolute atomic E-state index is 0.00309. The summed E-state index contributed by atoms with van der Waals surface area (Å²) < 4.78 is 43.2. The summed E-state index contributed by atoms with van der Waals surface area (Å²) in [6.45, 7) is 2.92. The third-order valence-corrected chi connectivity index (χ3v) is 5.91. The lowest BCUT2D eigenvalue weighted by atomic mass is 9.47. The van der Waals surface area contributed by atoms with Gasteiger partial charge in [-0.1, -0.05) is 6.58 Å². The van der Waals surface area contributed by atoms with Crippen LogP contribution in [0, 0.1) is 17.3 Å². The summed E-state index contributed by atoms with van der Waals surface area (Å²) in [5, 5.41) is 10.6. The van der Waals surface area contributed by atoms with Crippen LogP contribution in [0.25, 0.3) is 0 Å². The zero-order chi connectivity index (χ0) is 20.7. The highest BCUT2D eigenvalue weighted by atomic mass is 19.3. The quantitative estimate of drug-likeness (QED) is 0.396. The monoisotopic (exact) mass is 402 g/mol. The van der Waals surface area contributed by atoms with Crippen LogP contribution in [0.4, 0.5) is 8.78 Å². The molecule has 0 saturated heterocycles. The lowest BCUT2D eigenvalue weighted by Gasteiger charge is -2.60. The lowest BCUT2D eigenvalue weighted by molar-refractivity contribution is -0.338. The normalized spacial score (nSPS) is 33.3. The lowest BCUT2D eigenvalue weighted by Crippen LogP contribution is -2.62. The van der Waals surface area contributed by atoms with Gasteiger partial charge in [0.15, 0.2) is 13.2 Å². The molecule has 4 aliphatic carbocycles. The van der Waals surface area contributed by atoms with E-state index in [1.807, 2.05) is 0 Å². The molecular formula is C19H24F2O7. The average molecular weight is 402 g/mol. The van der Waals surface area contributed by atoms with Gasteiger partial charge in [-0.25, -0.2) is 14.4 Å². The summed E-state index contributed by atoms with van der Waals surface area (Å²) >= 11 is 0. The predicted octanol–water partition coefficient (Wildman–Crippen LogP) is 2.12. The van der Waals surface area contributed by atoms with E-state index in [1.54, 1.807) is 0 Å². The largest absolute Gasteiger partial charge is 0.451 e. The molecule has 7 nitrogen and oxygen atoms in total. The highest BCUT2D eigenvalue weighted by molar-refractivity contribution is 5.88. The highest BCUT2D eigenvalue weighted by Gasteiger charge is 2.68. The summed E-state index contributed by atoms with van der Waals surface area (Å²) in [5.41, 5.74) is -2.63. The molecule has 0 aliphatic heterocycles. The molecule has 2 atom stereocenters. The van der Waals surface area contributed by atoms with Crippen molar-refractivity contribution in [3.8, 4) is 0 Å². The fraction of sp³-hybridized carbons (Fsp3) is 0.737. The van der Waals surface area contributed by atoms with Gasteiger partial charge >= 0.3 is 24.0 Å². The minimum Gasteiger partial charge on any atom is -0.451 e. The van der Waals surface area contributed by atoms with E-state index in [9.17, 15) is 28.3 Å². The Morgan fingerprint density at radius 2 is 1.64 bits per heavy atom. The first kappa shape index (κ1) is 20.7. The molecule has 0 radical (unpaired) electrons. The van der Waals surface area contributed by atoms with Gasteiger partial charge in [-0.2, -0.15) is 8.78 Å². The maximum atomic E-state index is 14.9. The van der Waals surface area contributed by atoms with E-state index in [-0.39, 0.29) is 36.7 Å². The molecule has 4 fully saturated rings. The Morgan fingerprint density at radius 3 is 2.18 bits per heavy atom. The van der Waals surface area contributed by atoms with Crippen LogP contribution in [-0.4, -0.2) is 47.9 Å². The second kappa shape index (κ2) is 7.09. The van der Waals surface area contributed by atoms with Gasteiger partial charge in [0.25, 0.3) is 0 Å². The minimum atomic E-state index is -3.77. The summed E-state index contributed by atoms with van der Waals surface area (Å²) in [6, 6.07) is 0. The van der Waals surface area contributed by atoms with Crippen LogP contribution in [-0.2, 0) is 28.6 Å². The molecule has 28 heavy (non-hydrogen) atoms. The first-order valence-corrected chi connectivity index (χ1v) is 9.24. The molecule has 4 saturated carbocycles. The molecule has 0 aromatic carbocycles. The van der Waals surface area contributed by atoms with Crippen LogP contribution in [0.15, 0.2) is 12.2 Å². The van der Waals surface area contributed by atoms with Crippen LogP contribution in [0.5, 0.6) is 0 Å². The Labute approximate surface area is 161 Å². The van der Waals surface area contributed by atoms with Crippen molar-refractivity contribution in [3.05, 3.63) is 12.2 Å². The number of esters is 3. The fourth-order valence-corrected chi connectivity index (χ4v) is 5.26. The molecule has 0 amide bonds. The Bertz CT molecular complexity index is 688. The Balaban J connectivity index is 1.53. The number of rotatable bonds is 7. The summed E-state index contributed by atoms with van der Waals surface area (Å²) in [6.07, 6.45) is -1.65. The van der Waals surface area contributed by atoms with Gasteiger partial charge in [0.05, 0.1) is 11.0 Å². The molecule has 4 bridgehead atoms. The van der Waals surface area contributed by atoms with Crippen LogP contribution < -0.4 is 0 Å². The van der Waals surface area contributed by atoms with Gasteiger partial charge in [-0.3, -0.25) is 0 Å². The van der Waals surface area contributed by atoms with Crippen molar-refractivity contribution in [2.45, 2.75) is 57.2 Å². The van der Waals surface area contributed by atoms with Gasteiger partial charge in [0, 0.05) is 5.57 Å². The summed E-state index contributed by atoms with van der Waals surface area (Å²) in [4.78, 5) is 34.4. The number of halogens is 2. The van der Waals surface area contributed by atoms with E-state index in [4.69, 9.17) is 0 Å². The fourth-order valence-electron chi connectivity index (χ4n) is 5.26. The van der Waals surface area contributed by atoms with Crippen molar-refractivity contribution in [2.75, 3.05) is 13.2 Å². The van der Waals surface area contributed by atoms with Crippen molar-refractivity contribution in [2.24, 2.45) is 17.3 Å². The number of aliphatic hydroxyl groups is 1. The molecule has 4 aliphatic rings. The SMILES string of the molecule is C=C(C)C(=O)OCC(=O)OCC(=O)OC(F)(F)C12CC3CC(CC(O)(C3)C1)C2. The Morgan fingerprint density at radius 1 is 1.07 bits per heavy atom. The zero-order valence-corrected chi connectivity index (χ0v) is 15.7. The van der Waals surface area contributed by atoms with E-state index in [0.717, 1.165) is 6.42 Å². The van der Waals surface area contributed by atoms with Crippen LogP contribution in [0.3, 0.4) is 0 Å².